The number of aromatic nitrogens is 3. The summed E-state index contributed by atoms with van der Waals surface area (Å²) in [5, 5.41) is 20.4. The highest BCUT2D eigenvalue weighted by molar-refractivity contribution is 6.30. The number of rotatable bonds is 8. The van der Waals surface area contributed by atoms with Gasteiger partial charge in [-0.05, 0) is 50.1 Å². The third kappa shape index (κ3) is 5.52. The van der Waals surface area contributed by atoms with Gasteiger partial charge in [0.05, 0.1) is 18.8 Å². The number of likely N-dealkylation sites (tertiary alicyclic amines) is 1. The fraction of sp³-hybridized carbons (Fsp3) is 0.409. The first-order chi connectivity index (χ1) is 15.1. The quantitative estimate of drug-likeness (QED) is 0.519. The molecule has 31 heavy (non-hydrogen) atoms. The zero-order valence-electron chi connectivity index (χ0n) is 17.2. The zero-order chi connectivity index (χ0) is 21.6. The van der Waals surface area contributed by atoms with E-state index in [0.717, 1.165) is 43.0 Å². The zero-order valence-corrected chi connectivity index (χ0v) is 18.0. The van der Waals surface area contributed by atoms with E-state index in [1.165, 1.54) is 0 Å². The number of carbonyl (C=O) groups excluding carboxylic acids is 1. The van der Waals surface area contributed by atoms with Gasteiger partial charge >= 0.3 is 0 Å². The number of carbonyl (C=O) groups is 1. The van der Waals surface area contributed by atoms with Crippen LogP contribution in [0.1, 0.15) is 41.6 Å². The maximum atomic E-state index is 12.1. The van der Waals surface area contributed by atoms with Gasteiger partial charge in [-0.25, -0.2) is 4.68 Å². The molecule has 1 aliphatic heterocycles. The SMILES string of the molecule is O=C(NCCCO)c1cn([C@@H]2CCCN(Cc3ccc(-c4cccc(Cl)c4)o3)C2)nn1. The van der Waals surface area contributed by atoms with Gasteiger partial charge in [0.2, 0.25) is 0 Å². The van der Waals surface area contributed by atoms with Crippen LogP contribution in [0.25, 0.3) is 11.3 Å². The molecule has 2 N–H and O–H groups in total. The van der Waals surface area contributed by atoms with Crippen LogP contribution in [0.4, 0.5) is 0 Å². The summed E-state index contributed by atoms with van der Waals surface area (Å²) >= 11 is 6.09. The highest BCUT2D eigenvalue weighted by Gasteiger charge is 2.24. The predicted molar refractivity (Wildman–Crippen MR) is 117 cm³/mol. The Morgan fingerprint density at radius 1 is 1.32 bits per heavy atom. The Labute approximate surface area is 185 Å². The number of piperidine rings is 1. The first-order valence-electron chi connectivity index (χ1n) is 10.5. The van der Waals surface area contributed by atoms with E-state index in [4.69, 9.17) is 21.1 Å². The van der Waals surface area contributed by atoms with Gasteiger partial charge in [-0.3, -0.25) is 9.69 Å². The van der Waals surface area contributed by atoms with Crippen molar-refractivity contribution in [2.45, 2.75) is 31.8 Å². The van der Waals surface area contributed by atoms with Crippen molar-refractivity contribution in [3.05, 3.63) is 59.1 Å². The Morgan fingerprint density at radius 3 is 3.06 bits per heavy atom. The van der Waals surface area contributed by atoms with Crippen molar-refractivity contribution in [2.24, 2.45) is 0 Å². The van der Waals surface area contributed by atoms with E-state index >= 15 is 0 Å². The van der Waals surface area contributed by atoms with E-state index in [2.05, 4.69) is 20.5 Å². The molecule has 9 heteroatoms. The van der Waals surface area contributed by atoms with Crippen molar-refractivity contribution in [3.63, 3.8) is 0 Å². The van der Waals surface area contributed by atoms with Crippen LogP contribution in [0.3, 0.4) is 0 Å². The molecule has 0 spiro atoms. The average Bonchev–Trinajstić information content (AvgIpc) is 3.44. The molecule has 3 heterocycles. The summed E-state index contributed by atoms with van der Waals surface area (Å²) in [6.45, 7) is 2.95. The van der Waals surface area contributed by atoms with Gasteiger partial charge in [0.15, 0.2) is 5.69 Å². The number of hydrogen-bond donors (Lipinski definition) is 2. The fourth-order valence-corrected chi connectivity index (χ4v) is 3.99. The average molecular weight is 444 g/mol. The minimum atomic E-state index is -0.267. The molecule has 0 bridgehead atoms. The molecule has 1 aliphatic rings. The van der Waals surface area contributed by atoms with Crippen LogP contribution in [0.15, 0.2) is 47.0 Å². The minimum absolute atomic E-state index is 0.0428. The topological polar surface area (TPSA) is 96.4 Å². The molecule has 1 fully saturated rings. The van der Waals surface area contributed by atoms with E-state index in [1.807, 2.05) is 36.4 Å². The number of amides is 1. The number of benzene rings is 1. The summed E-state index contributed by atoms with van der Waals surface area (Å²) < 4.78 is 7.83. The van der Waals surface area contributed by atoms with Crippen molar-refractivity contribution < 1.29 is 14.3 Å². The summed E-state index contributed by atoms with van der Waals surface area (Å²) in [7, 11) is 0. The van der Waals surface area contributed by atoms with Crippen LogP contribution in [0.5, 0.6) is 0 Å². The molecule has 1 atom stereocenters. The van der Waals surface area contributed by atoms with Crippen LogP contribution in [-0.4, -0.2) is 57.1 Å². The molecule has 0 aliphatic carbocycles. The Morgan fingerprint density at radius 2 is 2.23 bits per heavy atom. The van der Waals surface area contributed by atoms with E-state index in [1.54, 1.807) is 10.9 Å². The lowest BCUT2D eigenvalue weighted by Gasteiger charge is -2.31. The van der Waals surface area contributed by atoms with Gasteiger partial charge in [-0.1, -0.05) is 28.9 Å². The standard InChI is InChI=1S/C22H26ClN5O3/c23-17-5-1-4-16(12-17)21-8-7-19(31-21)14-27-10-2-6-18(13-27)28-15-20(25-26-28)22(30)24-9-3-11-29/h1,4-5,7-8,12,15,18,29H,2-3,6,9-11,13-14H2,(H,24,30)/t18-/m1/s1. The normalized spacial score (nSPS) is 17.0. The van der Waals surface area contributed by atoms with E-state index in [9.17, 15) is 4.79 Å². The van der Waals surface area contributed by atoms with E-state index in [0.29, 0.717) is 30.2 Å². The second kappa shape index (κ2) is 10.1. The molecule has 0 radical (unpaired) electrons. The molecule has 164 valence electrons. The van der Waals surface area contributed by atoms with Crippen molar-refractivity contribution in [2.75, 3.05) is 26.2 Å². The maximum Gasteiger partial charge on any atom is 0.273 e. The second-order valence-electron chi connectivity index (χ2n) is 7.72. The van der Waals surface area contributed by atoms with E-state index in [-0.39, 0.29) is 18.6 Å². The summed E-state index contributed by atoms with van der Waals surface area (Å²) in [6.07, 6.45) is 4.23. The molecular formula is C22H26ClN5O3. The lowest BCUT2D eigenvalue weighted by molar-refractivity contribution is 0.0946. The molecule has 4 rings (SSSR count). The largest absolute Gasteiger partial charge is 0.460 e. The Bertz CT molecular complexity index is 1020. The number of nitrogens with zero attached hydrogens (tertiary/aromatic N) is 4. The molecule has 0 unspecified atom stereocenters. The molecule has 1 amide bonds. The monoisotopic (exact) mass is 443 g/mol. The van der Waals surface area contributed by atoms with Gasteiger partial charge in [-0.2, -0.15) is 0 Å². The third-order valence-electron chi connectivity index (χ3n) is 5.37. The maximum absolute atomic E-state index is 12.1. The summed E-state index contributed by atoms with van der Waals surface area (Å²) in [6, 6.07) is 11.8. The molecule has 2 aromatic heterocycles. The van der Waals surface area contributed by atoms with Gasteiger partial charge in [0.1, 0.15) is 11.5 Å². The molecule has 3 aromatic rings. The fourth-order valence-electron chi connectivity index (χ4n) is 3.80. The van der Waals surface area contributed by atoms with Gasteiger partial charge in [0, 0.05) is 30.3 Å². The number of aliphatic hydroxyl groups excluding tert-OH is 1. The summed E-state index contributed by atoms with van der Waals surface area (Å²) in [5.74, 6) is 1.44. The smallest absolute Gasteiger partial charge is 0.273 e. The van der Waals surface area contributed by atoms with Gasteiger partial charge < -0.3 is 14.8 Å². The first-order valence-corrected chi connectivity index (χ1v) is 10.9. The van der Waals surface area contributed by atoms with Crippen LogP contribution in [0.2, 0.25) is 5.02 Å². The van der Waals surface area contributed by atoms with Crippen LogP contribution >= 0.6 is 11.6 Å². The van der Waals surface area contributed by atoms with Crippen LogP contribution < -0.4 is 5.32 Å². The highest BCUT2D eigenvalue weighted by Crippen LogP contribution is 2.27. The molecule has 8 nitrogen and oxygen atoms in total. The Kier molecular flexibility index (Phi) is 7.01. The summed E-state index contributed by atoms with van der Waals surface area (Å²) in [5.41, 5.74) is 1.26. The van der Waals surface area contributed by atoms with Crippen molar-refractivity contribution in [1.82, 2.24) is 25.2 Å². The molecule has 1 saturated heterocycles. The van der Waals surface area contributed by atoms with Crippen molar-refractivity contribution >= 4 is 17.5 Å². The highest BCUT2D eigenvalue weighted by atomic mass is 35.5. The number of nitrogens with one attached hydrogen (secondary N) is 1. The first kappa shape index (κ1) is 21.5. The Hall–Kier alpha value is -2.68. The predicted octanol–water partition coefficient (Wildman–Crippen LogP) is 3.14. The Balaban J connectivity index is 1.36. The van der Waals surface area contributed by atoms with Crippen molar-refractivity contribution in [1.29, 1.82) is 0 Å². The lowest BCUT2D eigenvalue weighted by atomic mass is 10.1. The lowest BCUT2D eigenvalue weighted by Crippen LogP contribution is -2.36. The number of furan rings is 1. The van der Waals surface area contributed by atoms with Crippen molar-refractivity contribution in [3.8, 4) is 11.3 Å². The van der Waals surface area contributed by atoms with Gasteiger partial charge in [0.25, 0.3) is 5.91 Å². The molecule has 1 aromatic carbocycles. The number of hydrogen-bond acceptors (Lipinski definition) is 6. The van der Waals surface area contributed by atoms with Crippen LogP contribution in [0, 0.1) is 0 Å². The minimum Gasteiger partial charge on any atom is -0.460 e. The number of halogens is 1. The number of aliphatic hydroxyl groups is 1. The molecule has 0 saturated carbocycles. The molecular weight excluding hydrogens is 418 g/mol. The van der Waals surface area contributed by atoms with E-state index < -0.39 is 0 Å². The van der Waals surface area contributed by atoms with Gasteiger partial charge in [-0.15, -0.1) is 5.10 Å². The van der Waals surface area contributed by atoms with Crippen LogP contribution in [-0.2, 0) is 6.54 Å². The second-order valence-corrected chi connectivity index (χ2v) is 8.16. The third-order valence-corrected chi connectivity index (χ3v) is 5.60. The summed E-state index contributed by atoms with van der Waals surface area (Å²) in [4.78, 5) is 14.5.